The zero-order valence-electron chi connectivity index (χ0n) is 16.5. The lowest BCUT2D eigenvalue weighted by Crippen LogP contribution is -2.47. The Morgan fingerprint density at radius 1 is 1.13 bits per heavy atom. The highest BCUT2D eigenvalue weighted by molar-refractivity contribution is 5.96. The predicted octanol–water partition coefficient (Wildman–Crippen LogP) is 3.08. The number of hydrogen-bond acceptors (Lipinski definition) is 8. The molecule has 5 rings (SSSR count). The molecule has 0 atom stereocenters. The Kier molecular flexibility index (Phi) is 4.30. The summed E-state index contributed by atoms with van der Waals surface area (Å²) in [6.07, 6.45) is 4.85. The molecule has 0 aliphatic heterocycles. The molecule has 3 heterocycles. The summed E-state index contributed by atoms with van der Waals surface area (Å²) >= 11 is 0. The number of rotatable bonds is 4. The van der Waals surface area contributed by atoms with Gasteiger partial charge in [0.2, 0.25) is 0 Å². The third-order valence-corrected chi connectivity index (χ3v) is 5.74. The van der Waals surface area contributed by atoms with Crippen molar-refractivity contribution in [3.63, 3.8) is 0 Å². The van der Waals surface area contributed by atoms with Crippen LogP contribution in [0.15, 0.2) is 48.8 Å². The monoisotopic (exact) mass is 407 g/mol. The Morgan fingerprint density at radius 2 is 2.00 bits per heavy atom. The standard InChI is InChI=1S/C22H17N9/c23-6-5-22(10-14(11-22)12-24)31-27-13-20(30-31)17-8-15(18-3-4-21(25)29-28-18)9-19-16(17)2-1-7-26-19/h1-4,7-9,13-14H,5,10-11H2,(H2,25,29)/t14-,22+. The van der Waals surface area contributed by atoms with Gasteiger partial charge in [-0.2, -0.15) is 25.5 Å². The average molecular weight is 407 g/mol. The van der Waals surface area contributed by atoms with Crippen LogP contribution in [0, 0.1) is 28.6 Å². The molecule has 0 unspecified atom stereocenters. The van der Waals surface area contributed by atoms with Crippen LogP contribution in [-0.4, -0.2) is 30.2 Å². The third-order valence-electron chi connectivity index (χ3n) is 5.74. The van der Waals surface area contributed by atoms with Crippen LogP contribution in [0.1, 0.15) is 19.3 Å². The number of pyridine rings is 1. The second kappa shape index (κ2) is 7.15. The summed E-state index contributed by atoms with van der Waals surface area (Å²) < 4.78 is 0. The van der Waals surface area contributed by atoms with Gasteiger partial charge in [-0.05, 0) is 43.2 Å². The van der Waals surface area contributed by atoms with Crippen molar-refractivity contribution in [1.29, 1.82) is 10.5 Å². The molecule has 2 N–H and O–H groups in total. The first-order valence-electron chi connectivity index (χ1n) is 9.80. The van der Waals surface area contributed by atoms with Crippen LogP contribution >= 0.6 is 0 Å². The molecule has 31 heavy (non-hydrogen) atoms. The van der Waals surface area contributed by atoms with Gasteiger partial charge in [0, 0.05) is 22.7 Å². The number of benzene rings is 1. The molecule has 150 valence electrons. The van der Waals surface area contributed by atoms with Gasteiger partial charge in [0.15, 0.2) is 0 Å². The first-order chi connectivity index (χ1) is 15.1. The van der Waals surface area contributed by atoms with Gasteiger partial charge in [-0.25, -0.2) is 0 Å². The van der Waals surface area contributed by atoms with E-state index in [0.29, 0.717) is 30.0 Å². The fourth-order valence-electron chi connectivity index (χ4n) is 4.13. The van der Waals surface area contributed by atoms with Crippen molar-refractivity contribution in [1.82, 2.24) is 30.2 Å². The smallest absolute Gasteiger partial charge is 0.146 e. The number of nitrogens with two attached hydrogens (primary N) is 1. The van der Waals surface area contributed by atoms with Gasteiger partial charge < -0.3 is 5.73 Å². The highest BCUT2D eigenvalue weighted by Gasteiger charge is 2.48. The molecular weight excluding hydrogens is 390 g/mol. The molecule has 1 aliphatic rings. The predicted molar refractivity (Wildman–Crippen MR) is 113 cm³/mol. The molecule has 0 spiro atoms. The van der Waals surface area contributed by atoms with Gasteiger partial charge >= 0.3 is 0 Å². The molecule has 1 aromatic carbocycles. The highest BCUT2D eigenvalue weighted by Crippen LogP contribution is 2.45. The minimum absolute atomic E-state index is 0.0692. The van der Waals surface area contributed by atoms with Gasteiger partial charge in [0.05, 0.1) is 47.4 Å². The van der Waals surface area contributed by atoms with E-state index in [1.54, 1.807) is 23.3 Å². The van der Waals surface area contributed by atoms with Crippen molar-refractivity contribution >= 4 is 16.7 Å². The summed E-state index contributed by atoms with van der Waals surface area (Å²) in [7, 11) is 0. The van der Waals surface area contributed by atoms with Crippen molar-refractivity contribution in [2.24, 2.45) is 5.92 Å². The molecule has 9 nitrogen and oxygen atoms in total. The van der Waals surface area contributed by atoms with E-state index < -0.39 is 5.54 Å². The van der Waals surface area contributed by atoms with Crippen molar-refractivity contribution in [3.8, 4) is 34.7 Å². The largest absolute Gasteiger partial charge is 0.382 e. The topological polar surface area (TPSA) is 143 Å². The van der Waals surface area contributed by atoms with Crippen LogP contribution in [-0.2, 0) is 5.54 Å². The number of hydrogen-bond donors (Lipinski definition) is 1. The van der Waals surface area contributed by atoms with Crippen LogP contribution in [0.25, 0.3) is 33.4 Å². The fourth-order valence-corrected chi connectivity index (χ4v) is 4.13. The molecule has 3 aromatic heterocycles. The second-order valence-corrected chi connectivity index (χ2v) is 7.75. The van der Waals surface area contributed by atoms with Crippen LogP contribution < -0.4 is 5.73 Å². The van der Waals surface area contributed by atoms with Gasteiger partial charge in [0.1, 0.15) is 11.5 Å². The van der Waals surface area contributed by atoms with E-state index in [2.05, 4.69) is 32.4 Å². The number of aromatic nitrogens is 6. The summed E-state index contributed by atoms with van der Waals surface area (Å²) in [5, 5.41) is 36.7. The van der Waals surface area contributed by atoms with E-state index in [-0.39, 0.29) is 12.3 Å². The maximum Gasteiger partial charge on any atom is 0.146 e. The summed E-state index contributed by atoms with van der Waals surface area (Å²) in [4.78, 5) is 6.11. The van der Waals surface area contributed by atoms with E-state index >= 15 is 0 Å². The van der Waals surface area contributed by atoms with E-state index in [9.17, 15) is 10.5 Å². The Bertz CT molecular complexity index is 1350. The molecule has 0 bridgehead atoms. The normalized spacial score (nSPS) is 20.0. The van der Waals surface area contributed by atoms with Gasteiger partial charge in [-0.15, -0.1) is 10.2 Å². The quantitative estimate of drug-likeness (QED) is 0.543. The van der Waals surface area contributed by atoms with Crippen molar-refractivity contribution in [2.75, 3.05) is 5.73 Å². The van der Waals surface area contributed by atoms with Gasteiger partial charge in [-0.3, -0.25) is 4.98 Å². The minimum atomic E-state index is -0.526. The number of nitriles is 2. The van der Waals surface area contributed by atoms with Crippen LogP contribution in [0.3, 0.4) is 0 Å². The highest BCUT2D eigenvalue weighted by atomic mass is 15.5. The lowest BCUT2D eigenvalue weighted by Gasteiger charge is -2.42. The number of nitrogen functional groups attached to an aromatic ring is 1. The molecule has 0 saturated heterocycles. The maximum atomic E-state index is 9.30. The first kappa shape index (κ1) is 18.6. The molecule has 1 aliphatic carbocycles. The van der Waals surface area contributed by atoms with Crippen LogP contribution in [0.2, 0.25) is 0 Å². The van der Waals surface area contributed by atoms with Crippen molar-refractivity contribution < 1.29 is 0 Å². The Hall–Kier alpha value is -4.37. The fraction of sp³-hybridized carbons (Fsp3) is 0.227. The van der Waals surface area contributed by atoms with Gasteiger partial charge in [-0.1, -0.05) is 6.07 Å². The molecule has 1 saturated carbocycles. The summed E-state index contributed by atoms with van der Waals surface area (Å²) in [6, 6.07) is 15.8. The van der Waals surface area contributed by atoms with Crippen LogP contribution in [0.4, 0.5) is 5.82 Å². The Morgan fingerprint density at radius 3 is 2.74 bits per heavy atom. The molecule has 0 amide bonds. The third kappa shape index (κ3) is 3.13. The van der Waals surface area contributed by atoms with E-state index in [1.165, 1.54) is 0 Å². The SMILES string of the molecule is N#CC[C@]1(n2ncc(-c3cc(-c4ccc(N)nn4)cc4ncccc34)n2)C[C@@H](C#N)C1. The van der Waals surface area contributed by atoms with Crippen molar-refractivity contribution in [3.05, 3.63) is 48.8 Å². The summed E-state index contributed by atoms with van der Waals surface area (Å²) in [5.41, 5.74) is 8.97. The molecule has 0 radical (unpaired) electrons. The number of nitrogens with zero attached hydrogens (tertiary/aromatic N) is 8. The maximum absolute atomic E-state index is 9.30. The summed E-state index contributed by atoms with van der Waals surface area (Å²) in [5.74, 6) is 0.282. The second-order valence-electron chi connectivity index (χ2n) is 7.75. The number of fused-ring (bicyclic) bond motifs is 1. The van der Waals surface area contributed by atoms with E-state index in [1.807, 2.05) is 30.3 Å². The minimum Gasteiger partial charge on any atom is -0.382 e. The zero-order chi connectivity index (χ0) is 21.4. The van der Waals surface area contributed by atoms with E-state index in [4.69, 9.17) is 10.8 Å². The molecule has 1 fully saturated rings. The molecule has 4 aromatic rings. The summed E-state index contributed by atoms with van der Waals surface area (Å²) in [6.45, 7) is 0. The van der Waals surface area contributed by atoms with E-state index in [0.717, 1.165) is 22.0 Å². The number of anilines is 1. The Balaban J connectivity index is 1.62. The Labute approximate surface area is 177 Å². The van der Waals surface area contributed by atoms with Gasteiger partial charge in [0.25, 0.3) is 0 Å². The van der Waals surface area contributed by atoms with Crippen LogP contribution in [0.5, 0.6) is 0 Å². The molecular formula is C22H17N9. The van der Waals surface area contributed by atoms with Crippen molar-refractivity contribution in [2.45, 2.75) is 24.8 Å². The lowest BCUT2D eigenvalue weighted by atomic mass is 9.68. The first-order valence-corrected chi connectivity index (χ1v) is 9.80. The lowest BCUT2D eigenvalue weighted by molar-refractivity contribution is 0.0713. The molecule has 9 heteroatoms. The zero-order valence-corrected chi connectivity index (χ0v) is 16.5. The average Bonchev–Trinajstić information content (AvgIpc) is 3.26.